The van der Waals surface area contributed by atoms with Crippen LogP contribution < -0.4 is 15.4 Å². The van der Waals surface area contributed by atoms with Crippen LogP contribution in [0.1, 0.15) is 52.8 Å². The minimum atomic E-state index is -0.671. The summed E-state index contributed by atoms with van der Waals surface area (Å²) in [5.74, 6) is -0.553. The summed E-state index contributed by atoms with van der Waals surface area (Å²) in [6, 6.07) is 21.9. The predicted octanol–water partition coefficient (Wildman–Crippen LogP) is 5.47. The van der Waals surface area contributed by atoms with Crippen molar-refractivity contribution in [3.8, 4) is 5.75 Å². The molecule has 0 bridgehead atoms. The highest BCUT2D eigenvalue weighted by atomic mass is 16.5. The van der Waals surface area contributed by atoms with Gasteiger partial charge in [-0.2, -0.15) is 0 Å². The van der Waals surface area contributed by atoms with Gasteiger partial charge < -0.3 is 20.5 Å². The molecule has 2 amide bonds. The summed E-state index contributed by atoms with van der Waals surface area (Å²) in [7, 11) is 0. The molecule has 0 spiro atoms. The highest BCUT2D eigenvalue weighted by molar-refractivity contribution is 6.06. The molecule has 0 heterocycles. The molecule has 0 saturated carbocycles. The van der Waals surface area contributed by atoms with Gasteiger partial charge in [0, 0.05) is 35.3 Å². The van der Waals surface area contributed by atoms with Gasteiger partial charge in [0.25, 0.3) is 11.8 Å². The number of ether oxygens (including phenoxy) is 1. The van der Waals surface area contributed by atoms with Crippen molar-refractivity contribution in [3.05, 3.63) is 114 Å². The van der Waals surface area contributed by atoms with E-state index in [1.54, 1.807) is 78.9 Å². The van der Waals surface area contributed by atoms with E-state index in [4.69, 9.17) is 4.74 Å². The van der Waals surface area contributed by atoms with Crippen LogP contribution in [0.2, 0.25) is 0 Å². The molecule has 8 heteroatoms. The number of anilines is 2. The number of nitrogens with one attached hydrogen (secondary N) is 2. The van der Waals surface area contributed by atoms with Crippen molar-refractivity contribution in [2.45, 2.75) is 38.2 Å². The Morgan fingerprint density at radius 1 is 0.825 bits per heavy atom. The molecular weight excluding hydrogens is 508 g/mol. The molecule has 1 atom stereocenters. The average molecular weight is 539 g/mol. The number of amides is 2. The van der Waals surface area contributed by atoms with Crippen LogP contribution in [0, 0.1) is 0 Å². The van der Waals surface area contributed by atoms with E-state index < -0.39 is 6.10 Å². The van der Waals surface area contributed by atoms with E-state index >= 15 is 0 Å². The SMILES string of the molecule is O=C(CCCC=CCC1=CC(O)CC1=O)Oc1ccc(NC(=O)c2ccc(NC(=O)c3ccccc3)cc2)cc1. The molecule has 1 aliphatic rings. The molecule has 3 N–H and O–H groups in total. The molecule has 3 aromatic carbocycles. The summed E-state index contributed by atoms with van der Waals surface area (Å²) in [4.78, 5) is 48.6. The Balaban J connectivity index is 1.17. The van der Waals surface area contributed by atoms with Crippen LogP contribution >= 0.6 is 0 Å². The molecule has 0 saturated heterocycles. The van der Waals surface area contributed by atoms with Crippen molar-refractivity contribution in [1.29, 1.82) is 0 Å². The minimum absolute atomic E-state index is 0.0218. The van der Waals surface area contributed by atoms with Gasteiger partial charge in [-0.15, -0.1) is 0 Å². The fourth-order valence-corrected chi connectivity index (χ4v) is 4.07. The molecule has 4 rings (SSSR count). The molecule has 0 fully saturated rings. The van der Waals surface area contributed by atoms with Gasteiger partial charge in [-0.25, -0.2) is 0 Å². The van der Waals surface area contributed by atoms with E-state index in [1.807, 2.05) is 18.2 Å². The third-order valence-electron chi connectivity index (χ3n) is 6.19. The summed E-state index contributed by atoms with van der Waals surface area (Å²) < 4.78 is 5.36. The fourth-order valence-electron chi connectivity index (χ4n) is 4.07. The zero-order chi connectivity index (χ0) is 28.3. The van der Waals surface area contributed by atoms with E-state index in [1.165, 1.54) is 0 Å². The smallest absolute Gasteiger partial charge is 0.311 e. The quantitative estimate of drug-likeness (QED) is 0.129. The van der Waals surface area contributed by atoms with Crippen LogP contribution in [0.5, 0.6) is 5.75 Å². The Labute approximate surface area is 232 Å². The number of carbonyl (C=O) groups excluding carboxylic acids is 4. The molecule has 1 unspecified atom stereocenters. The van der Waals surface area contributed by atoms with Crippen molar-refractivity contribution in [3.63, 3.8) is 0 Å². The lowest BCUT2D eigenvalue weighted by Gasteiger charge is -2.09. The first-order valence-electron chi connectivity index (χ1n) is 13.0. The molecule has 3 aromatic rings. The van der Waals surface area contributed by atoms with E-state index in [0.29, 0.717) is 53.1 Å². The van der Waals surface area contributed by atoms with Crippen LogP contribution in [0.3, 0.4) is 0 Å². The van der Waals surface area contributed by atoms with Crippen molar-refractivity contribution in [1.82, 2.24) is 0 Å². The third kappa shape index (κ3) is 8.34. The zero-order valence-electron chi connectivity index (χ0n) is 21.8. The van der Waals surface area contributed by atoms with Gasteiger partial charge in [-0.1, -0.05) is 30.4 Å². The maximum Gasteiger partial charge on any atom is 0.311 e. The monoisotopic (exact) mass is 538 g/mol. The van der Waals surface area contributed by atoms with Crippen molar-refractivity contribution >= 4 is 34.9 Å². The maximum atomic E-state index is 12.6. The highest BCUT2D eigenvalue weighted by Crippen LogP contribution is 2.20. The van der Waals surface area contributed by atoms with Crippen molar-refractivity contribution < 1.29 is 29.0 Å². The standard InChI is InChI=1S/C32H30N2O6/c35-27-20-24(29(36)21-27)10-4-1-2-7-11-30(37)40-28-18-16-26(17-19-28)34-32(39)23-12-14-25(15-13-23)33-31(38)22-8-5-3-6-9-22/h1,3-6,8-9,12-20,27,35H,2,7,10-11,21H2,(H,33,38)(H,34,39). The predicted molar refractivity (Wildman–Crippen MR) is 152 cm³/mol. The van der Waals surface area contributed by atoms with Gasteiger partial charge >= 0.3 is 5.97 Å². The first-order valence-corrected chi connectivity index (χ1v) is 13.0. The summed E-state index contributed by atoms with van der Waals surface area (Å²) in [6.07, 6.45) is 6.87. The lowest BCUT2D eigenvalue weighted by molar-refractivity contribution is -0.134. The molecule has 204 valence electrons. The molecule has 0 radical (unpaired) electrons. The number of rotatable bonds is 11. The highest BCUT2D eigenvalue weighted by Gasteiger charge is 2.20. The molecular formula is C32H30N2O6. The number of carbonyl (C=O) groups is 4. The number of hydrogen-bond acceptors (Lipinski definition) is 6. The van der Waals surface area contributed by atoms with E-state index in [-0.39, 0.29) is 36.4 Å². The summed E-state index contributed by atoms with van der Waals surface area (Å²) in [6.45, 7) is 0. The fraction of sp³-hybridized carbons (Fsp3) is 0.188. The van der Waals surface area contributed by atoms with Gasteiger partial charge in [-0.3, -0.25) is 19.2 Å². The second-order valence-corrected chi connectivity index (χ2v) is 9.30. The molecule has 8 nitrogen and oxygen atoms in total. The Hall–Kier alpha value is -4.82. The number of Topliss-reactive ketones (excluding diaryl/α,β-unsaturated/α-hetero) is 1. The van der Waals surface area contributed by atoms with Crippen LogP contribution in [0.4, 0.5) is 11.4 Å². The van der Waals surface area contributed by atoms with E-state index in [9.17, 15) is 24.3 Å². The van der Waals surface area contributed by atoms with Gasteiger partial charge in [0.05, 0.1) is 6.10 Å². The van der Waals surface area contributed by atoms with Crippen molar-refractivity contribution in [2.75, 3.05) is 10.6 Å². The number of unbranched alkanes of at least 4 members (excludes halogenated alkanes) is 1. The lowest BCUT2D eigenvalue weighted by atomic mass is 10.1. The topological polar surface area (TPSA) is 122 Å². The number of allylic oxidation sites excluding steroid dienone is 3. The van der Waals surface area contributed by atoms with Gasteiger partial charge in [0.2, 0.25) is 0 Å². The Morgan fingerprint density at radius 3 is 2.02 bits per heavy atom. The Morgan fingerprint density at radius 2 is 1.43 bits per heavy atom. The van der Waals surface area contributed by atoms with Crippen molar-refractivity contribution in [2.24, 2.45) is 0 Å². The van der Waals surface area contributed by atoms with Gasteiger partial charge in [-0.05, 0) is 91.6 Å². The van der Waals surface area contributed by atoms with Crippen LogP contribution in [-0.4, -0.2) is 34.8 Å². The Bertz CT molecular complexity index is 1410. The first-order chi connectivity index (χ1) is 19.4. The van der Waals surface area contributed by atoms with Crippen LogP contribution in [0.25, 0.3) is 0 Å². The van der Waals surface area contributed by atoms with Crippen LogP contribution in [-0.2, 0) is 9.59 Å². The molecule has 40 heavy (non-hydrogen) atoms. The average Bonchev–Trinajstić information content (AvgIpc) is 3.28. The van der Waals surface area contributed by atoms with Crippen LogP contribution in [0.15, 0.2) is 103 Å². The summed E-state index contributed by atoms with van der Waals surface area (Å²) in [5, 5.41) is 15.0. The number of hydrogen-bond donors (Lipinski definition) is 3. The third-order valence-corrected chi connectivity index (χ3v) is 6.19. The minimum Gasteiger partial charge on any atom is -0.427 e. The summed E-state index contributed by atoms with van der Waals surface area (Å²) >= 11 is 0. The number of aliphatic hydroxyl groups is 1. The largest absolute Gasteiger partial charge is 0.427 e. The number of esters is 1. The summed E-state index contributed by atoms with van der Waals surface area (Å²) in [5.41, 5.74) is 2.71. The molecule has 0 aromatic heterocycles. The number of aliphatic hydroxyl groups excluding tert-OH is 1. The second-order valence-electron chi connectivity index (χ2n) is 9.30. The van der Waals surface area contributed by atoms with E-state index in [2.05, 4.69) is 10.6 Å². The zero-order valence-corrected chi connectivity index (χ0v) is 21.8. The lowest BCUT2D eigenvalue weighted by Crippen LogP contribution is -2.13. The normalized spacial score (nSPS) is 14.6. The molecule has 0 aliphatic heterocycles. The van der Waals surface area contributed by atoms with Gasteiger partial charge in [0.15, 0.2) is 5.78 Å². The molecule has 1 aliphatic carbocycles. The Kier molecular flexibility index (Phi) is 9.74. The van der Waals surface area contributed by atoms with E-state index in [0.717, 1.165) is 0 Å². The first kappa shape index (κ1) is 28.2. The second kappa shape index (κ2) is 13.8. The maximum absolute atomic E-state index is 12.6. The number of benzene rings is 3. The van der Waals surface area contributed by atoms with Gasteiger partial charge in [0.1, 0.15) is 5.75 Å². The number of ketones is 1.